The Hall–Kier alpha value is -3.25. The SMILES string of the molecule is COc1ccccc1[C@H](Cn1c(=O)n(C(C)(C)CO)c(=O)c2c(C)c(-c3ncco3)sc21)OC1CCOCC1. The summed E-state index contributed by atoms with van der Waals surface area (Å²) < 4.78 is 26.1. The number of aryl methyl sites for hydroxylation is 1. The molecule has 11 heteroatoms. The van der Waals surface area contributed by atoms with E-state index < -0.39 is 29.5 Å². The molecule has 1 aliphatic rings. The van der Waals surface area contributed by atoms with Gasteiger partial charge in [-0.1, -0.05) is 18.2 Å². The number of aliphatic hydroxyl groups excluding tert-OH is 1. The second-order valence-electron chi connectivity index (χ2n) is 10.3. The zero-order chi connectivity index (χ0) is 27.7. The van der Waals surface area contributed by atoms with E-state index in [1.54, 1.807) is 31.7 Å². The monoisotopic (exact) mass is 555 g/mol. The van der Waals surface area contributed by atoms with Gasteiger partial charge in [-0.05, 0) is 45.2 Å². The van der Waals surface area contributed by atoms with Gasteiger partial charge in [0.25, 0.3) is 5.56 Å². The van der Waals surface area contributed by atoms with Crippen LogP contribution in [-0.4, -0.2) is 52.3 Å². The lowest BCUT2D eigenvalue weighted by atomic mass is 10.1. The Labute approximate surface area is 229 Å². The van der Waals surface area contributed by atoms with Crippen molar-refractivity contribution in [3.63, 3.8) is 0 Å². The summed E-state index contributed by atoms with van der Waals surface area (Å²) in [6.45, 7) is 6.09. The van der Waals surface area contributed by atoms with Gasteiger partial charge < -0.3 is 23.7 Å². The molecule has 0 saturated carbocycles. The van der Waals surface area contributed by atoms with Crippen molar-refractivity contribution in [2.45, 2.75) is 57.9 Å². The predicted octanol–water partition coefficient (Wildman–Crippen LogP) is 3.86. The van der Waals surface area contributed by atoms with Crippen molar-refractivity contribution in [2.24, 2.45) is 0 Å². The number of aromatic nitrogens is 3. The van der Waals surface area contributed by atoms with Crippen LogP contribution in [-0.2, 0) is 21.6 Å². The maximum atomic E-state index is 14.1. The van der Waals surface area contributed by atoms with Crippen LogP contribution < -0.4 is 16.0 Å². The number of methoxy groups -OCH3 is 1. The minimum Gasteiger partial charge on any atom is -0.496 e. The van der Waals surface area contributed by atoms with Crippen molar-refractivity contribution in [3.8, 4) is 16.5 Å². The van der Waals surface area contributed by atoms with Crippen LogP contribution in [0.4, 0.5) is 0 Å². The lowest BCUT2D eigenvalue weighted by Gasteiger charge is -2.30. The maximum absolute atomic E-state index is 14.1. The van der Waals surface area contributed by atoms with Crippen LogP contribution in [0.15, 0.2) is 50.7 Å². The topological polar surface area (TPSA) is 118 Å². The largest absolute Gasteiger partial charge is 0.496 e. The molecule has 39 heavy (non-hydrogen) atoms. The first-order chi connectivity index (χ1) is 18.8. The molecule has 0 unspecified atom stereocenters. The maximum Gasteiger partial charge on any atom is 0.332 e. The summed E-state index contributed by atoms with van der Waals surface area (Å²) >= 11 is 1.28. The Bertz CT molecular complexity index is 1560. The molecule has 10 nitrogen and oxygen atoms in total. The molecule has 4 heterocycles. The molecular weight excluding hydrogens is 522 g/mol. The Balaban J connectivity index is 1.74. The summed E-state index contributed by atoms with van der Waals surface area (Å²) in [7, 11) is 1.60. The summed E-state index contributed by atoms with van der Waals surface area (Å²) in [6.07, 6.45) is 3.87. The number of benzene rings is 1. The highest BCUT2D eigenvalue weighted by Crippen LogP contribution is 2.37. The first kappa shape index (κ1) is 27.3. The third-order valence-corrected chi connectivity index (χ3v) is 8.49. The molecule has 5 rings (SSSR count). The number of oxazole rings is 1. The Kier molecular flexibility index (Phi) is 7.77. The zero-order valence-electron chi connectivity index (χ0n) is 22.5. The van der Waals surface area contributed by atoms with Gasteiger partial charge in [-0.25, -0.2) is 9.78 Å². The zero-order valence-corrected chi connectivity index (χ0v) is 23.3. The summed E-state index contributed by atoms with van der Waals surface area (Å²) in [5.74, 6) is 1.02. The third-order valence-electron chi connectivity index (χ3n) is 7.19. The third kappa shape index (κ3) is 5.07. The van der Waals surface area contributed by atoms with Crippen LogP contribution in [0.2, 0.25) is 0 Å². The normalized spacial score (nSPS) is 15.6. The number of fused-ring (bicyclic) bond motifs is 1. The fourth-order valence-electron chi connectivity index (χ4n) is 5.01. The van der Waals surface area contributed by atoms with Crippen LogP contribution in [0.25, 0.3) is 21.0 Å². The highest BCUT2D eigenvalue weighted by Gasteiger charge is 2.31. The quantitative estimate of drug-likeness (QED) is 0.331. The van der Waals surface area contributed by atoms with E-state index in [1.807, 2.05) is 31.2 Å². The van der Waals surface area contributed by atoms with Gasteiger partial charge in [-0.2, -0.15) is 0 Å². The Morgan fingerprint density at radius 2 is 1.97 bits per heavy atom. The molecule has 208 valence electrons. The molecule has 0 amide bonds. The van der Waals surface area contributed by atoms with Crippen molar-refractivity contribution in [1.29, 1.82) is 0 Å². The van der Waals surface area contributed by atoms with Crippen molar-refractivity contribution in [1.82, 2.24) is 14.1 Å². The second kappa shape index (κ2) is 11.1. The predicted molar refractivity (Wildman–Crippen MR) is 148 cm³/mol. The van der Waals surface area contributed by atoms with E-state index in [0.29, 0.717) is 45.5 Å². The summed E-state index contributed by atoms with van der Waals surface area (Å²) in [5.41, 5.74) is -0.661. The van der Waals surface area contributed by atoms with Gasteiger partial charge in [-0.3, -0.25) is 13.9 Å². The van der Waals surface area contributed by atoms with E-state index >= 15 is 0 Å². The van der Waals surface area contributed by atoms with Gasteiger partial charge >= 0.3 is 5.69 Å². The van der Waals surface area contributed by atoms with Crippen LogP contribution in [0.5, 0.6) is 5.75 Å². The summed E-state index contributed by atoms with van der Waals surface area (Å²) in [4.78, 5) is 33.4. The molecule has 1 N–H and O–H groups in total. The minimum atomic E-state index is -1.14. The van der Waals surface area contributed by atoms with Gasteiger partial charge in [0.2, 0.25) is 5.89 Å². The first-order valence-corrected chi connectivity index (χ1v) is 13.7. The number of nitrogens with zero attached hydrogens (tertiary/aromatic N) is 3. The van der Waals surface area contributed by atoms with Crippen molar-refractivity contribution in [2.75, 3.05) is 26.9 Å². The molecular formula is C28H33N3O7S. The van der Waals surface area contributed by atoms with Gasteiger partial charge in [0.1, 0.15) is 22.9 Å². The van der Waals surface area contributed by atoms with Gasteiger partial charge in [-0.15, -0.1) is 11.3 Å². The minimum absolute atomic E-state index is 0.0624. The number of hydrogen-bond donors (Lipinski definition) is 1. The molecule has 4 aromatic rings. The Morgan fingerprint density at radius 3 is 2.64 bits per heavy atom. The number of hydrogen-bond acceptors (Lipinski definition) is 9. The number of thiophene rings is 1. The van der Waals surface area contributed by atoms with E-state index in [2.05, 4.69) is 4.98 Å². The number of rotatable bonds is 9. The summed E-state index contributed by atoms with van der Waals surface area (Å²) in [5, 5.41) is 10.5. The molecule has 3 aromatic heterocycles. The Morgan fingerprint density at radius 1 is 1.23 bits per heavy atom. The van der Waals surface area contributed by atoms with Crippen molar-refractivity contribution in [3.05, 3.63) is 68.7 Å². The number of aliphatic hydroxyl groups is 1. The van der Waals surface area contributed by atoms with Gasteiger partial charge in [0.15, 0.2) is 0 Å². The van der Waals surface area contributed by atoms with Crippen LogP contribution in [0, 0.1) is 6.92 Å². The molecule has 1 aromatic carbocycles. The van der Waals surface area contributed by atoms with E-state index in [4.69, 9.17) is 18.6 Å². The van der Waals surface area contributed by atoms with E-state index in [-0.39, 0.29) is 12.6 Å². The second-order valence-corrected chi connectivity index (χ2v) is 11.3. The summed E-state index contributed by atoms with van der Waals surface area (Å²) in [6, 6.07) is 7.58. The van der Waals surface area contributed by atoms with Gasteiger partial charge in [0, 0.05) is 18.8 Å². The molecule has 0 aliphatic carbocycles. The van der Waals surface area contributed by atoms with Crippen LogP contribution >= 0.6 is 11.3 Å². The lowest BCUT2D eigenvalue weighted by molar-refractivity contribution is -0.0754. The standard InChI is InChI=1S/C28H33N3O7S/c1-17-22-25(33)31(28(2,3)16-32)27(34)30(26(22)39-23(17)24-29-11-14-37-24)15-21(38-18-9-12-36-13-10-18)19-7-5-6-8-20(19)35-4/h5-8,11,14,18,21,32H,9-10,12-13,15-16H2,1-4H3/t21-/m0/s1. The van der Waals surface area contributed by atoms with Crippen molar-refractivity contribution >= 4 is 21.6 Å². The highest BCUT2D eigenvalue weighted by atomic mass is 32.1. The molecule has 1 saturated heterocycles. The molecule has 0 spiro atoms. The first-order valence-electron chi connectivity index (χ1n) is 12.9. The fourth-order valence-corrected chi connectivity index (χ4v) is 6.25. The molecule has 1 aliphatic heterocycles. The molecule has 0 radical (unpaired) electrons. The van der Waals surface area contributed by atoms with Gasteiger partial charge in [0.05, 0.1) is 48.4 Å². The molecule has 0 bridgehead atoms. The average molecular weight is 556 g/mol. The van der Waals surface area contributed by atoms with Crippen LogP contribution in [0.3, 0.4) is 0 Å². The number of para-hydroxylation sites is 1. The smallest absolute Gasteiger partial charge is 0.332 e. The molecule has 1 atom stereocenters. The molecule has 1 fully saturated rings. The van der Waals surface area contributed by atoms with E-state index in [0.717, 1.165) is 23.0 Å². The van der Waals surface area contributed by atoms with Crippen LogP contribution in [0.1, 0.15) is 43.9 Å². The number of ether oxygens (including phenoxy) is 3. The van der Waals surface area contributed by atoms with E-state index in [1.165, 1.54) is 17.6 Å². The lowest BCUT2D eigenvalue weighted by Crippen LogP contribution is -2.51. The highest BCUT2D eigenvalue weighted by molar-refractivity contribution is 7.22. The van der Waals surface area contributed by atoms with E-state index in [9.17, 15) is 14.7 Å². The van der Waals surface area contributed by atoms with Crippen molar-refractivity contribution < 1.29 is 23.7 Å². The average Bonchev–Trinajstić information content (AvgIpc) is 3.59. The fraction of sp³-hybridized carbons (Fsp3) is 0.464.